The maximum Gasteiger partial charge on any atom is 0.0797 e. The Bertz CT molecular complexity index is 380. The summed E-state index contributed by atoms with van der Waals surface area (Å²) < 4.78 is 0. The van der Waals surface area contributed by atoms with E-state index >= 15 is 0 Å². The average molecular weight is 266 g/mol. The van der Waals surface area contributed by atoms with E-state index in [1.54, 1.807) is 11.3 Å². The van der Waals surface area contributed by atoms with Gasteiger partial charge in [0.25, 0.3) is 0 Å². The highest BCUT2D eigenvalue weighted by Crippen LogP contribution is 2.14. The quantitative estimate of drug-likeness (QED) is 0.864. The minimum atomic E-state index is 0.816. The maximum atomic E-state index is 4.32. The second-order valence-electron chi connectivity index (χ2n) is 5.30. The Hall–Kier alpha value is -0.490. The molecule has 0 unspecified atom stereocenters. The van der Waals surface area contributed by atoms with Gasteiger partial charge in [0.2, 0.25) is 0 Å². The van der Waals surface area contributed by atoms with Crippen LogP contribution in [0.3, 0.4) is 0 Å². The molecule has 0 spiro atoms. The number of nitrogens with zero attached hydrogens (tertiary/aromatic N) is 3. The Morgan fingerprint density at radius 2 is 2.11 bits per heavy atom. The maximum absolute atomic E-state index is 4.32. The third kappa shape index (κ3) is 2.74. The number of hydrogen-bond acceptors (Lipinski definition) is 5. The van der Waals surface area contributed by atoms with Gasteiger partial charge in [0.05, 0.1) is 11.2 Å². The molecule has 0 saturated carbocycles. The predicted octanol–water partition coefficient (Wildman–Crippen LogP) is 0.583. The first-order chi connectivity index (χ1) is 8.83. The van der Waals surface area contributed by atoms with E-state index in [1.807, 2.05) is 5.51 Å². The van der Waals surface area contributed by atoms with Gasteiger partial charge in [0, 0.05) is 56.7 Å². The molecule has 3 heterocycles. The fourth-order valence-electron chi connectivity index (χ4n) is 2.71. The van der Waals surface area contributed by atoms with Crippen LogP contribution in [0, 0.1) is 6.92 Å². The smallest absolute Gasteiger partial charge is 0.0797 e. The average Bonchev–Trinajstić information content (AvgIpc) is 2.72. The largest absolute Gasteiger partial charge is 0.314 e. The van der Waals surface area contributed by atoms with Crippen molar-refractivity contribution in [2.45, 2.75) is 19.4 Å². The van der Waals surface area contributed by atoms with Gasteiger partial charge in [0.1, 0.15) is 0 Å². The van der Waals surface area contributed by atoms with Gasteiger partial charge < -0.3 is 10.2 Å². The molecule has 2 saturated heterocycles. The van der Waals surface area contributed by atoms with Crippen LogP contribution in [0.1, 0.15) is 10.6 Å². The van der Waals surface area contributed by atoms with Crippen molar-refractivity contribution in [3.63, 3.8) is 0 Å². The fraction of sp³-hybridized carbons (Fsp3) is 0.769. The Morgan fingerprint density at radius 1 is 1.33 bits per heavy atom. The summed E-state index contributed by atoms with van der Waals surface area (Å²) in [5.41, 5.74) is 3.19. The van der Waals surface area contributed by atoms with Gasteiger partial charge in [-0.1, -0.05) is 0 Å². The first-order valence-corrected chi connectivity index (χ1v) is 7.77. The summed E-state index contributed by atoms with van der Waals surface area (Å²) in [4.78, 5) is 11.0. The van der Waals surface area contributed by atoms with Gasteiger partial charge in [-0.3, -0.25) is 4.90 Å². The minimum Gasteiger partial charge on any atom is -0.314 e. The van der Waals surface area contributed by atoms with Crippen molar-refractivity contribution in [1.82, 2.24) is 20.1 Å². The Kier molecular flexibility index (Phi) is 3.94. The highest BCUT2D eigenvalue weighted by Gasteiger charge is 2.27. The van der Waals surface area contributed by atoms with Crippen molar-refractivity contribution in [3.8, 4) is 0 Å². The van der Waals surface area contributed by atoms with Crippen LogP contribution < -0.4 is 5.32 Å². The van der Waals surface area contributed by atoms with E-state index in [4.69, 9.17) is 0 Å². The van der Waals surface area contributed by atoms with Crippen LogP contribution in [0.2, 0.25) is 0 Å². The summed E-state index contributed by atoms with van der Waals surface area (Å²) in [5.74, 6) is 0. The first kappa shape index (κ1) is 12.5. The zero-order valence-electron chi connectivity index (χ0n) is 11.1. The van der Waals surface area contributed by atoms with Gasteiger partial charge in [-0.15, -0.1) is 11.3 Å². The van der Waals surface area contributed by atoms with E-state index in [-0.39, 0.29) is 0 Å². The van der Waals surface area contributed by atoms with Crippen LogP contribution in [-0.2, 0) is 6.42 Å². The van der Waals surface area contributed by atoms with E-state index < -0.39 is 0 Å². The van der Waals surface area contributed by atoms with Crippen LogP contribution in [0.4, 0.5) is 0 Å². The highest BCUT2D eigenvalue weighted by atomic mass is 32.1. The SMILES string of the molecule is Cc1ncsc1CCN1CCN(C2CNC2)CC1. The number of nitrogens with one attached hydrogen (secondary N) is 1. The number of hydrogen-bond donors (Lipinski definition) is 1. The van der Waals surface area contributed by atoms with E-state index in [0.717, 1.165) is 6.04 Å². The lowest BCUT2D eigenvalue weighted by atomic mass is 10.1. The summed E-state index contributed by atoms with van der Waals surface area (Å²) >= 11 is 1.80. The third-order valence-electron chi connectivity index (χ3n) is 4.18. The number of aryl methyl sites for hydroxylation is 1. The van der Waals surface area contributed by atoms with Crippen LogP contribution in [0.25, 0.3) is 0 Å². The molecule has 0 bridgehead atoms. The Labute approximate surface area is 113 Å². The molecule has 0 amide bonds. The van der Waals surface area contributed by atoms with Crippen molar-refractivity contribution < 1.29 is 0 Å². The van der Waals surface area contributed by atoms with Crippen LogP contribution in [0.5, 0.6) is 0 Å². The molecule has 0 radical (unpaired) electrons. The number of piperazine rings is 1. The first-order valence-electron chi connectivity index (χ1n) is 6.89. The zero-order valence-corrected chi connectivity index (χ0v) is 11.9. The molecule has 1 aromatic heterocycles. The van der Waals surface area contributed by atoms with Crippen molar-refractivity contribution in [1.29, 1.82) is 0 Å². The molecule has 2 fully saturated rings. The molecule has 0 aromatic carbocycles. The Balaban J connectivity index is 1.41. The van der Waals surface area contributed by atoms with E-state index in [1.165, 1.54) is 62.8 Å². The second kappa shape index (κ2) is 5.65. The lowest BCUT2D eigenvalue weighted by Crippen LogP contribution is -2.61. The predicted molar refractivity (Wildman–Crippen MR) is 75.2 cm³/mol. The summed E-state index contributed by atoms with van der Waals surface area (Å²) in [6.45, 7) is 10.7. The molecule has 1 N–H and O–H groups in total. The van der Waals surface area contributed by atoms with Crippen molar-refractivity contribution in [2.75, 3.05) is 45.8 Å². The van der Waals surface area contributed by atoms with Gasteiger partial charge in [-0.05, 0) is 13.3 Å². The lowest BCUT2D eigenvalue weighted by Gasteiger charge is -2.43. The third-order valence-corrected chi connectivity index (χ3v) is 5.18. The van der Waals surface area contributed by atoms with Crippen LogP contribution >= 0.6 is 11.3 Å². The standard InChI is InChI=1S/C13H22N4S/c1-11-13(18-10-15-11)2-3-16-4-6-17(7-5-16)12-8-14-9-12/h10,12,14H,2-9H2,1H3. The fourth-order valence-corrected chi connectivity index (χ4v) is 3.48. The van der Waals surface area contributed by atoms with Gasteiger partial charge >= 0.3 is 0 Å². The molecule has 0 aliphatic carbocycles. The highest BCUT2D eigenvalue weighted by molar-refractivity contribution is 7.09. The number of thiazole rings is 1. The summed E-state index contributed by atoms with van der Waals surface area (Å²) in [6, 6.07) is 0.816. The van der Waals surface area contributed by atoms with Crippen molar-refractivity contribution in [2.24, 2.45) is 0 Å². The van der Waals surface area contributed by atoms with Gasteiger partial charge in [-0.25, -0.2) is 4.98 Å². The van der Waals surface area contributed by atoms with Crippen molar-refractivity contribution >= 4 is 11.3 Å². The van der Waals surface area contributed by atoms with E-state index in [2.05, 4.69) is 27.0 Å². The van der Waals surface area contributed by atoms with Gasteiger partial charge in [0.15, 0.2) is 0 Å². The molecule has 0 atom stereocenters. The normalized spacial score (nSPS) is 23.2. The van der Waals surface area contributed by atoms with Crippen LogP contribution in [-0.4, -0.2) is 66.6 Å². The molecule has 5 heteroatoms. The van der Waals surface area contributed by atoms with Crippen molar-refractivity contribution in [3.05, 3.63) is 16.1 Å². The summed E-state index contributed by atoms with van der Waals surface area (Å²) in [7, 11) is 0. The summed E-state index contributed by atoms with van der Waals surface area (Å²) in [6.07, 6.45) is 1.17. The van der Waals surface area contributed by atoms with Gasteiger partial charge in [-0.2, -0.15) is 0 Å². The minimum absolute atomic E-state index is 0.816. The molecule has 2 aliphatic heterocycles. The molecule has 1 aromatic rings. The lowest BCUT2D eigenvalue weighted by molar-refractivity contribution is 0.0735. The van der Waals surface area contributed by atoms with Crippen LogP contribution in [0.15, 0.2) is 5.51 Å². The summed E-state index contributed by atoms with van der Waals surface area (Å²) in [5, 5.41) is 3.36. The monoisotopic (exact) mass is 266 g/mol. The zero-order chi connectivity index (χ0) is 12.4. The van der Waals surface area contributed by atoms with E-state index in [0.29, 0.717) is 0 Å². The molecular weight excluding hydrogens is 244 g/mol. The number of aromatic nitrogens is 1. The molecule has 4 nitrogen and oxygen atoms in total. The van der Waals surface area contributed by atoms with E-state index in [9.17, 15) is 0 Å². The molecule has 100 valence electrons. The molecule has 18 heavy (non-hydrogen) atoms. The molecule has 3 rings (SSSR count). The molecular formula is C13H22N4S. The number of rotatable bonds is 4. The second-order valence-corrected chi connectivity index (χ2v) is 6.24. The topological polar surface area (TPSA) is 31.4 Å². The molecule has 2 aliphatic rings. The Morgan fingerprint density at radius 3 is 2.67 bits per heavy atom.